The predicted molar refractivity (Wildman–Crippen MR) is 92.8 cm³/mol. The largest absolute Gasteiger partial charge is 0.491 e. The molecule has 1 rings (SSSR count). The summed E-state index contributed by atoms with van der Waals surface area (Å²) in [4.78, 5) is 11.8. The van der Waals surface area contributed by atoms with Crippen LogP contribution in [0.2, 0.25) is 0 Å². The molecule has 0 aliphatic heterocycles. The minimum atomic E-state index is -4.48. The monoisotopic (exact) mass is 386 g/mol. The highest BCUT2D eigenvalue weighted by atomic mass is 35.5. The van der Waals surface area contributed by atoms with Gasteiger partial charge in [-0.2, -0.15) is 24.9 Å². The number of thioether (sulfide) groups is 1. The molecule has 0 saturated carbocycles. The fourth-order valence-corrected chi connectivity index (χ4v) is 2.30. The lowest BCUT2D eigenvalue weighted by Crippen LogP contribution is -2.46. The van der Waals surface area contributed by atoms with Crippen molar-refractivity contribution in [3.05, 3.63) is 29.8 Å². The minimum absolute atomic E-state index is 0. The first-order valence-corrected chi connectivity index (χ1v) is 8.49. The van der Waals surface area contributed by atoms with Crippen LogP contribution in [0, 0.1) is 0 Å². The highest BCUT2D eigenvalue weighted by molar-refractivity contribution is 7.98. The van der Waals surface area contributed by atoms with Crippen LogP contribution in [0.1, 0.15) is 18.9 Å². The number of ether oxygens (including phenoxy) is 1. The molecule has 4 nitrogen and oxygen atoms in total. The van der Waals surface area contributed by atoms with Crippen molar-refractivity contribution in [2.75, 3.05) is 18.6 Å². The second kappa shape index (κ2) is 10.7. The number of amides is 1. The molecule has 1 aromatic rings. The van der Waals surface area contributed by atoms with Gasteiger partial charge in [-0.3, -0.25) is 4.79 Å². The number of rotatable bonds is 8. The molecule has 0 bridgehead atoms. The number of nitrogens with two attached hydrogens (primary N) is 1. The highest BCUT2D eigenvalue weighted by Gasteiger charge is 2.34. The molecular formula is C15H22ClF3N2O2S. The number of nitrogens with one attached hydrogen (secondary N) is 1. The van der Waals surface area contributed by atoms with E-state index in [1.165, 1.54) is 18.2 Å². The van der Waals surface area contributed by atoms with Gasteiger partial charge in [0.15, 0.2) is 0 Å². The Morgan fingerprint density at radius 1 is 1.38 bits per heavy atom. The van der Waals surface area contributed by atoms with Crippen molar-refractivity contribution in [3.63, 3.8) is 0 Å². The molecular weight excluding hydrogens is 365 g/mol. The third kappa shape index (κ3) is 7.63. The average Bonchev–Trinajstić information content (AvgIpc) is 2.49. The van der Waals surface area contributed by atoms with Crippen LogP contribution in [-0.4, -0.2) is 36.6 Å². The lowest BCUT2D eigenvalue weighted by Gasteiger charge is -2.19. The van der Waals surface area contributed by atoms with Crippen LogP contribution in [-0.2, 0) is 11.0 Å². The van der Waals surface area contributed by atoms with Gasteiger partial charge in [-0.25, -0.2) is 0 Å². The van der Waals surface area contributed by atoms with Crippen molar-refractivity contribution < 1.29 is 22.7 Å². The molecule has 0 spiro atoms. The summed E-state index contributed by atoms with van der Waals surface area (Å²) in [5.74, 6) is 0.172. The van der Waals surface area contributed by atoms with Crippen molar-refractivity contribution in [2.45, 2.75) is 31.6 Å². The van der Waals surface area contributed by atoms with Gasteiger partial charge in [0, 0.05) is 0 Å². The first kappa shape index (κ1) is 22.9. The van der Waals surface area contributed by atoms with E-state index in [1.54, 1.807) is 18.7 Å². The number of alkyl halides is 3. The molecule has 0 radical (unpaired) electrons. The van der Waals surface area contributed by atoms with Crippen molar-refractivity contribution in [2.24, 2.45) is 5.73 Å². The summed E-state index contributed by atoms with van der Waals surface area (Å²) in [5.41, 5.74) is 4.89. The molecule has 2 atom stereocenters. The topological polar surface area (TPSA) is 64.4 Å². The number of hydrogen-bond donors (Lipinski definition) is 2. The Kier molecular flexibility index (Phi) is 10.2. The van der Waals surface area contributed by atoms with Crippen LogP contribution in [0.25, 0.3) is 0 Å². The van der Waals surface area contributed by atoms with Gasteiger partial charge in [-0.05, 0) is 37.5 Å². The molecule has 0 aliphatic rings. The first-order valence-electron chi connectivity index (χ1n) is 7.09. The first-order chi connectivity index (χ1) is 10.8. The lowest BCUT2D eigenvalue weighted by atomic mass is 10.2. The van der Waals surface area contributed by atoms with Crippen LogP contribution in [0.3, 0.4) is 0 Å². The Bertz CT molecular complexity index is 518. The van der Waals surface area contributed by atoms with E-state index in [2.05, 4.69) is 5.32 Å². The van der Waals surface area contributed by atoms with Crippen LogP contribution in [0.5, 0.6) is 5.75 Å². The maximum atomic E-state index is 12.8. The normalized spacial score (nSPS) is 13.6. The van der Waals surface area contributed by atoms with Gasteiger partial charge in [0.2, 0.25) is 5.91 Å². The van der Waals surface area contributed by atoms with E-state index in [9.17, 15) is 18.0 Å². The van der Waals surface area contributed by atoms with Crippen molar-refractivity contribution in [1.29, 1.82) is 0 Å². The van der Waals surface area contributed by atoms with Crippen LogP contribution < -0.4 is 15.8 Å². The third-order valence-electron chi connectivity index (χ3n) is 3.04. The summed E-state index contributed by atoms with van der Waals surface area (Å²) < 4.78 is 43.7. The van der Waals surface area contributed by atoms with Crippen molar-refractivity contribution >= 4 is 30.1 Å². The Morgan fingerprint density at radius 2 is 2.00 bits per heavy atom. The molecule has 1 amide bonds. The van der Waals surface area contributed by atoms with E-state index >= 15 is 0 Å². The van der Waals surface area contributed by atoms with Crippen molar-refractivity contribution in [3.8, 4) is 5.75 Å². The number of benzene rings is 1. The maximum Gasteiger partial charge on any atom is 0.419 e. The van der Waals surface area contributed by atoms with Gasteiger partial charge >= 0.3 is 6.18 Å². The van der Waals surface area contributed by atoms with E-state index in [0.29, 0.717) is 6.42 Å². The molecule has 1 unspecified atom stereocenters. The quantitative estimate of drug-likeness (QED) is 0.720. The van der Waals surface area contributed by atoms with Crippen LogP contribution in [0.4, 0.5) is 13.2 Å². The Labute approximate surface area is 150 Å². The Balaban J connectivity index is 0.00000529. The van der Waals surface area contributed by atoms with Gasteiger partial charge < -0.3 is 15.8 Å². The molecule has 0 aromatic heterocycles. The lowest BCUT2D eigenvalue weighted by molar-refractivity contribution is -0.139. The maximum absolute atomic E-state index is 12.8. The summed E-state index contributed by atoms with van der Waals surface area (Å²) >= 11 is 1.59. The van der Waals surface area contributed by atoms with Gasteiger partial charge in [0.25, 0.3) is 0 Å². The fourth-order valence-electron chi connectivity index (χ4n) is 1.81. The number of para-hydroxylation sites is 1. The zero-order valence-corrected chi connectivity index (χ0v) is 15.1. The average molecular weight is 387 g/mol. The van der Waals surface area contributed by atoms with E-state index < -0.39 is 23.8 Å². The summed E-state index contributed by atoms with van der Waals surface area (Å²) in [7, 11) is 0. The number of carbonyl (C=O) groups is 1. The Morgan fingerprint density at radius 3 is 2.58 bits per heavy atom. The molecule has 0 fully saturated rings. The Hall–Kier alpha value is -1.12. The fraction of sp³-hybridized carbons (Fsp3) is 0.533. The highest BCUT2D eigenvalue weighted by Crippen LogP contribution is 2.35. The molecule has 9 heteroatoms. The van der Waals surface area contributed by atoms with Crippen LogP contribution in [0.15, 0.2) is 24.3 Å². The second-order valence-corrected chi connectivity index (χ2v) is 6.09. The smallest absolute Gasteiger partial charge is 0.419 e. The molecule has 3 N–H and O–H groups in total. The van der Waals surface area contributed by atoms with Gasteiger partial charge in [0.05, 0.1) is 17.6 Å². The molecule has 0 saturated heterocycles. The van der Waals surface area contributed by atoms with E-state index in [1.807, 2.05) is 6.26 Å². The predicted octanol–water partition coefficient (Wildman–Crippen LogP) is 3.09. The van der Waals surface area contributed by atoms with Gasteiger partial charge in [-0.15, -0.1) is 12.4 Å². The molecule has 1 aromatic carbocycles. The number of carbonyl (C=O) groups excluding carboxylic acids is 1. The summed E-state index contributed by atoms with van der Waals surface area (Å²) in [5, 5.41) is 2.64. The third-order valence-corrected chi connectivity index (χ3v) is 3.68. The molecule has 0 aliphatic carbocycles. The van der Waals surface area contributed by atoms with E-state index in [-0.39, 0.29) is 30.7 Å². The van der Waals surface area contributed by atoms with Crippen LogP contribution >= 0.6 is 24.2 Å². The summed E-state index contributed by atoms with van der Waals surface area (Å²) in [6.45, 7) is 1.57. The van der Waals surface area contributed by atoms with Gasteiger partial charge in [0.1, 0.15) is 12.4 Å². The molecule has 138 valence electrons. The second-order valence-electron chi connectivity index (χ2n) is 5.10. The zero-order chi connectivity index (χ0) is 17.5. The van der Waals surface area contributed by atoms with E-state index in [0.717, 1.165) is 11.8 Å². The number of halogens is 4. The molecule has 24 heavy (non-hydrogen) atoms. The summed E-state index contributed by atoms with van der Waals surface area (Å²) in [6.07, 6.45) is -2.03. The van der Waals surface area contributed by atoms with Crippen molar-refractivity contribution in [1.82, 2.24) is 5.32 Å². The standard InChI is InChI=1S/C15H21F3N2O2S.ClH/c1-10(20-14(21)12(19)7-8-23-2)9-22-13-6-4-3-5-11(13)15(16,17)18;/h3-6,10,12H,7-9,19H2,1-2H3,(H,20,21);1H/t10?,12-;/m0./s1. The van der Waals surface area contributed by atoms with E-state index in [4.69, 9.17) is 10.5 Å². The summed E-state index contributed by atoms with van der Waals surface area (Å²) in [6, 6.07) is 3.88. The molecule has 0 heterocycles. The SMILES string of the molecule is CSCC[C@H](N)C(=O)NC(C)COc1ccccc1C(F)(F)F.Cl. The zero-order valence-electron chi connectivity index (χ0n) is 13.4. The van der Waals surface area contributed by atoms with Gasteiger partial charge in [-0.1, -0.05) is 12.1 Å². The number of hydrogen-bond acceptors (Lipinski definition) is 4. The minimum Gasteiger partial charge on any atom is -0.491 e.